The fraction of sp³-hybridized carbons (Fsp3) is 0.100. The first-order valence-corrected chi connectivity index (χ1v) is 9.96. The van der Waals surface area contributed by atoms with Gasteiger partial charge in [0.05, 0.1) is 22.9 Å². The highest BCUT2D eigenvalue weighted by atomic mass is 32.2. The number of hydrogen-bond donors (Lipinski definition) is 1. The van der Waals surface area contributed by atoms with E-state index >= 15 is 0 Å². The molecule has 27 heavy (non-hydrogen) atoms. The van der Waals surface area contributed by atoms with Crippen LogP contribution in [0, 0.1) is 6.92 Å². The van der Waals surface area contributed by atoms with Crippen LogP contribution < -0.4 is 5.14 Å². The van der Waals surface area contributed by atoms with Crippen molar-refractivity contribution in [3.8, 4) is 11.1 Å². The van der Waals surface area contributed by atoms with Crippen molar-refractivity contribution in [3.63, 3.8) is 0 Å². The Balaban J connectivity index is 1.80. The van der Waals surface area contributed by atoms with E-state index in [1.165, 1.54) is 12.1 Å². The third kappa shape index (κ3) is 3.34. The number of rotatable bonds is 4. The fourth-order valence-corrected chi connectivity index (χ4v) is 3.72. The molecular formula is C20H18N4O2S. The minimum absolute atomic E-state index is 0.103. The van der Waals surface area contributed by atoms with E-state index < -0.39 is 10.0 Å². The Morgan fingerprint density at radius 2 is 1.70 bits per heavy atom. The molecule has 2 aromatic heterocycles. The van der Waals surface area contributed by atoms with Gasteiger partial charge in [-0.25, -0.2) is 18.5 Å². The molecule has 0 aliphatic heterocycles. The summed E-state index contributed by atoms with van der Waals surface area (Å²) in [6.07, 6.45) is 3.56. The van der Waals surface area contributed by atoms with E-state index in [0.717, 1.165) is 33.4 Å². The first kappa shape index (κ1) is 17.4. The van der Waals surface area contributed by atoms with Gasteiger partial charge in [0.1, 0.15) is 5.52 Å². The number of fused-ring (bicyclic) bond motifs is 1. The number of sulfonamides is 1. The Kier molecular flexibility index (Phi) is 4.25. The van der Waals surface area contributed by atoms with E-state index in [0.29, 0.717) is 6.54 Å². The molecule has 6 nitrogen and oxygen atoms in total. The van der Waals surface area contributed by atoms with Crippen molar-refractivity contribution >= 4 is 21.1 Å². The molecule has 2 aromatic carbocycles. The van der Waals surface area contributed by atoms with Crippen molar-refractivity contribution in [2.45, 2.75) is 18.4 Å². The van der Waals surface area contributed by atoms with Crippen LogP contribution >= 0.6 is 0 Å². The number of nitrogens with zero attached hydrogens (tertiary/aromatic N) is 3. The average Bonchev–Trinajstić information content (AvgIpc) is 3.05. The molecule has 0 aliphatic rings. The van der Waals surface area contributed by atoms with Crippen LogP contribution in [0.1, 0.15) is 11.3 Å². The van der Waals surface area contributed by atoms with E-state index in [1.54, 1.807) is 24.7 Å². The van der Waals surface area contributed by atoms with Gasteiger partial charge in [-0.15, -0.1) is 0 Å². The van der Waals surface area contributed by atoms with Crippen LogP contribution in [-0.4, -0.2) is 23.0 Å². The van der Waals surface area contributed by atoms with Crippen LogP contribution in [-0.2, 0) is 16.6 Å². The van der Waals surface area contributed by atoms with Gasteiger partial charge in [-0.05, 0) is 30.2 Å². The molecule has 0 spiro atoms. The lowest BCUT2D eigenvalue weighted by atomic mass is 10.0. The Hall–Kier alpha value is -3.03. The highest BCUT2D eigenvalue weighted by Gasteiger charge is 2.14. The normalized spacial score (nSPS) is 11.8. The summed E-state index contributed by atoms with van der Waals surface area (Å²) in [4.78, 5) is 9.07. The van der Waals surface area contributed by atoms with Crippen molar-refractivity contribution in [3.05, 3.63) is 78.4 Å². The van der Waals surface area contributed by atoms with Crippen LogP contribution in [0.4, 0.5) is 0 Å². The summed E-state index contributed by atoms with van der Waals surface area (Å²) in [5, 5.41) is 5.17. The second-order valence-corrected chi connectivity index (χ2v) is 7.94. The van der Waals surface area contributed by atoms with Gasteiger partial charge < -0.3 is 4.57 Å². The van der Waals surface area contributed by atoms with E-state index in [2.05, 4.69) is 26.7 Å². The zero-order valence-electron chi connectivity index (χ0n) is 14.7. The van der Waals surface area contributed by atoms with Gasteiger partial charge in [-0.3, -0.25) is 4.98 Å². The quantitative estimate of drug-likeness (QED) is 0.591. The summed E-state index contributed by atoms with van der Waals surface area (Å²) in [5.74, 6) is 0. The molecule has 0 aliphatic carbocycles. The molecule has 4 aromatic rings. The number of pyridine rings is 1. The second kappa shape index (κ2) is 6.61. The molecule has 136 valence electrons. The summed E-state index contributed by atoms with van der Waals surface area (Å²) in [6.45, 7) is 2.55. The minimum Gasteiger partial charge on any atom is -0.325 e. The molecule has 0 radical (unpaired) electrons. The van der Waals surface area contributed by atoms with Gasteiger partial charge in [0.25, 0.3) is 0 Å². The molecule has 0 saturated carbocycles. The van der Waals surface area contributed by atoms with E-state index in [4.69, 9.17) is 5.14 Å². The van der Waals surface area contributed by atoms with Crippen molar-refractivity contribution in [1.29, 1.82) is 0 Å². The Labute approximate surface area is 157 Å². The van der Waals surface area contributed by atoms with E-state index in [9.17, 15) is 8.42 Å². The largest absolute Gasteiger partial charge is 0.325 e. The molecule has 4 rings (SSSR count). The predicted octanol–water partition coefficient (Wildman–Crippen LogP) is 3.10. The predicted molar refractivity (Wildman–Crippen MR) is 105 cm³/mol. The lowest BCUT2D eigenvalue weighted by Gasteiger charge is -2.11. The fourth-order valence-electron chi connectivity index (χ4n) is 3.21. The maximum Gasteiger partial charge on any atom is 0.238 e. The number of benzene rings is 2. The third-order valence-electron chi connectivity index (χ3n) is 4.51. The van der Waals surface area contributed by atoms with Gasteiger partial charge in [-0.2, -0.15) is 0 Å². The molecule has 2 heterocycles. The molecule has 0 fully saturated rings. The number of primary sulfonamides is 1. The summed E-state index contributed by atoms with van der Waals surface area (Å²) >= 11 is 0. The van der Waals surface area contributed by atoms with Crippen molar-refractivity contribution in [2.24, 2.45) is 5.14 Å². The maximum absolute atomic E-state index is 11.4. The standard InChI is InChI=1S/C20H18N4O2S/c1-14-19(16-5-3-2-4-6-16)20-18(11-22-14)23-13-24(20)12-15-7-9-17(10-8-15)27(21,25)26/h2-11,13H,12H2,1H3,(H2,21,25,26). The smallest absolute Gasteiger partial charge is 0.238 e. The number of nitrogens with two attached hydrogens (primary N) is 1. The molecule has 0 unspecified atom stereocenters. The van der Waals surface area contributed by atoms with Gasteiger partial charge >= 0.3 is 0 Å². The Morgan fingerprint density at radius 1 is 1.00 bits per heavy atom. The summed E-state index contributed by atoms with van der Waals surface area (Å²) < 4.78 is 24.9. The topological polar surface area (TPSA) is 90.9 Å². The molecule has 0 saturated heterocycles. The van der Waals surface area contributed by atoms with Crippen LogP contribution in [0.15, 0.2) is 72.0 Å². The van der Waals surface area contributed by atoms with Crippen LogP contribution in [0.25, 0.3) is 22.2 Å². The van der Waals surface area contributed by atoms with E-state index in [1.807, 2.05) is 25.1 Å². The zero-order valence-corrected chi connectivity index (χ0v) is 15.5. The number of aryl methyl sites for hydroxylation is 1. The second-order valence-electron chi connectivity index (χ2n) is 6.38. The maximum atomic E-state index is 11.4. The molecule has 0 amide bonds. The van der Waals surface area contributed by atoms with Gasteiger partial charge in [0.2, 0.25) is 10.0 Å². The first-order valence-electron chi connectivity index (χ1n) is 8.41. The van der Waals surface area contributed by atoms with Gasteiger partial charge in [0, 0.05) is 17.8 Å². The lowest BCUT2D eigenvalue weighted by Crippen LogP contribution is -2.12. The van der Waals surface area contributed by atoms with Crippen LogP contribution in [0.3, 0.4) is 0 Å². The van der Waals surface area contributed by atoms with Crippen molar-refractivity contribution < 1.29 is 8.42 Å². The third-order valence-corrected chi connectivity index (χ3v) is 5.44. The van der Waals surface area contributed by atoms with Gasteiger partial charge in [-0.1, -0.05) is 42.5 Å². The minimum atomic E-state index is -3.69. The first-order chi connectivity index (χ1) is 12.9. The van der Waals surface area contributed by atoms with Crippen LogP contribution in [0.2, 0.25) is 0 Å². The molecular weight excluding hydrogens is 360 g/mol. The summed E-state index contributed by atoms with van der Waals surface area (Å²) in [5.41, 5.74) is 5.84. The zero-order chi connectivity index (χ0) is 19.0. The highest BCUT2D eigenvalue weighted by molar-refractivity contribution is 7.89. The molecule has 0 atom stereocenters. The SMILES string of the molecule is Cc1ncc2ncn(Cc3ccc(S(N)(=O)=O)cc3)c2c1-c1ccccc1. The summed E-state index contributed by atoms with van der Waals surface area (Å²) in [7, 11) is -3.69. The average molecular weight is 378 g/mol. The Morgan fingerprint density at radius 3 is 2.37 bits per heavy atom. The Bertz CT molecular complexity index is 1210. The molecule has 7 heteroatoms. The number of imidazole rings is 1. The molecule has 0 bridgehead atoms. The number of hydrogen-bond acceptors (Lipinski definition) is 4. The molecule has 2 N–H and O–H groups in total. The monoisotopic (exact) mass is 378 g/mol. The van der Waals surface area contributed by atoms with Gasteiger partial charge in [0.15, 0.2) is 0 Å². The summed E-state index contributed by atoms with van der Waals surface area (Å²) in [6, 6.07) is 16.7. The highest BCUT2D eigenvalue weighted by Crippen LogP contribution is 2.30. The number of aromatic nitrogens is 3. The van der Waals surface area contributed by atoms with Crippen molar-refractivity contribution in [2.75, 3.05) is 0 Å². The van der Waals surface area contributed by atoms with Crippen molar-refractivity contribution in [1.82, 2.24) is 14.5 Å². The van der Waals surface area contributed by atoms with E-state index in [-0.39, 0.29) is 4.90 Å². The van der Waals surface area contributed by atoms with Crippen LogP contribution in [0.5, 0.6) is 0 Å². The lowest BCUT2D eigenvalue weighted by molar-refractivity contribution is 0.597.